The first kappa shape index (κ1) is 12.2. The van der Waals surface area contributed by atoms with Crippen molar-refractivity contribution in [1.29, 1.82) is 0 Å². The third kappa shape index (κ3) is 3.36. The van der Waals surface area contributed by atoms with Gasteiger partial charge >= 0.3 is 0 Å². The predicted octanol–water partition coefficient (Wildman–Crippen LogP) is 0.526. The van der Waals surface area contributed by atoms with Gasteiger partial charge in [-0.2, -0.15) is 0 Å². The summed E-state index contributed by atoms with van der Waals surface area (Å²) < 4.78 is 21.2. The average Bonchev–Trinajstić information content (AvgIpc) is 2.94. The van der Waals surface area contributed by atoms with E-state index in [1.807, 2.05) is 6.20 Å². The van der Waals surface area contributed by atoms with Gasteiger partial charge in [0.15, 0.2) is 6.29 Å². The lowest BCUT2D eigenvalue weighted by atomic mass is 10.6. The van der Waals surface area contributed by atoms with Crippen molar-refractivity contribution < 1.29 is 18.9 Å². The Kier molecular flexibility index (Phi) is 4.92. The fourth-order valence-corrected chi connectivity index (χ4v) is 2.50. The molecule has 1 unspecified atom stereocenters. The second-order valence-electron chi connectivity index (χ2n) is 3.47. The highest BCUT2D eigenvalue weighted by molar-refractivity contribution is 8.03. The quantitative estimate of drug-likeness (QED) is 0.691. The molecule has 0 bridgehead atoms. The highest BCUT2D eigenvalue weighted by atomic mass is 32.2. The predicted molar refractivity (Wildman–Crippen MR) is 61.0 cm³/mol. The summed E-state index contributed by atoms with van der Waals surface area (Å²) in [5, 5.41) is 3.39. The molecule has 2 rings (SSSR count). The number of hydrogen-bond acceptors (Lipinski definition) is 6. The highest BCUT2D eigenvalue weighted by Crippen LogP contribution is 2.30. The molecule has 2 aliphatic rings. The van der Waals surface area contributed by atoms with Crippen molar-refractivity contribution in [3.8, 4) is 0 Å². The van der Waals surface area contributed by atoms with Crippen molar-refractivity contribution in [2.24, 2.45) is 0 Å². The molecular formula is C10H17NO4S. The van der Waals surface area contributed by atoms with Crippen LogP contribution < -0.4 is 5.32 Å². The fourth-order valence-electron chi connectivity index (χ4n) is 1.48. The summed E-state index contributed by atoms with van der Waals surface area (Å²) in [5.74, 6) is 0. The average molecular weight is 247 g/mol. The summed E-state index contributed by atoms with van der Waals surface area (Å²) in [6, 6.07) is 0. The monoisotopic (exact) mass is 247 g/mol. The third-order valence-corrected chi connectivity index (χ3v) is 3.41. The van der Waals surface area contributed by atoms with Crippen LogP contribution in [-0.2, 0) is 18.9 Å². The van der Waals surface area contributed by atoms with Crippen molar-refractivity contribution >= 4 is 11.8 Å². The standard InChI is InChI=1S/C10H17NO4S/c1-12-2-3-13-7-8-6-11-9(16-8)10-14-4-5-15-10/h6,9-11H,2-5,7H2,1H3. The highest BCUT2D eigenvalue weighted by Gasteiger charge is 2.30. The molecule has 1 atom stereocenters. The summed E-state index contributed by atoms with van der Waals surface area (Å²) in [6.07, 6.45) is 1.82. The molecule has 16 heavy (non-hydrogen) atoms. The van der Waals surface area contributed by atoms with Gasteiger partial charge in [0, 0.05) is 18.2 Å². The van der Waals surface area contributed by atoms with Gasteiger partial charge in [0.05, 0.1) is 33.0 Å². The van der Waals surface area contributed by atoms with Crippen LogP contribution in [0.5, 0.6) is 0 Å². The molecule has 0 spiro atoms. The Morgan fingerprint density at radius 1 is 1.44 bits per heavy atom. The summed E-state index contributed by atoms with van der Waals surface area (Å²) in [6.45, 7) is 3.23. The molecule has 92 valence electrons. The Hall–Kier alpha value is -0.270. The zero-order valence-corrected chi connectivity index (χ0v) is 10.1. The lowest BCUT2D eigenvalue weighted by molar-refractivity contribution is -0.0444. The van der Waals surface area contributed by atoms with Crippen LogP contribution in [0.1, 0.15) is 0 Å². The number of thioether (sulfide) groups is 1. The van der Waals surface area contributed by atoms with Crippen molar-refractivity contribution in [2.45, 2.75) is 11.7 Å². The van der Waals surface area contributed by atoms with Crippen LogP contribution in [0.15, 0.2) is 11.1 Å². The molecular weight excluding hydrogens is 230 g/mol. The molecule has 0 saturated carbocycles. The molecule has 0 radical (unpaired) electrons. The van der Waals surface area contributed by atoms with Crippen LogP contribution >= 0.6 is 11.8 Å². The summed E-state index contributed by atoms with van der Waals surface area (Å²) in [7, 11) is 1.67. The van der Waals surface area contributed by atoms with Gasteiger partial charge in [-0.15, -0.1) is 0 Å². The van der Waals surface area contributed by atoms with Gasteiger partial charge < -0.3 is 24.3 Å². The van der Waals surface area contributed by atoms with Gasteiger partial charge in [0.2, 0.25) is 0 Å². The van der Waals surface area contributed by atoms with E-state index < -0.39 is 0 Å². The number of nitrogens with one attached hydrogen (secondary N) is 1. The van der Waals surface area contributed by atoms with E-state index in [0.717, 1.165) is 0 Å². The molecule has 0 amide bonds. The van der Waals surface area contributed by atoms with E-state index in [-0.39, 0.29) is 11.7 Å². The maximum absolute atomic E-state index is 5.43. The van der Waals surface area contributed by atoms with Crippen molar-refractivity contribution in [2.75, 3.05) is 40.1 Å². The first-order valence-corrected chi connectivity index (χ1v) is 6.20. The Bertz CT molecular complexity index is 243. The second kappa shape index (κ2) is 6.46. The van der Waals surface area contributed by atoms with E-state index in [1.54, 1.807) is 18.9 Å². The minimum Gasteiger partial charge on any atom is -0.382 e. The Labute approximate surface area is 99.4 Å². The minimum atomic E-state index is -0.141. The zero-order chi connectivity index (χ0) is 11.2. The van der Waals surface area contributed by atoms with E-state index >= 15 is 0 Å². The molecule has 0 aliphatic carbocycles. The maximum atomic E-state index is 5.43. The van der Waals surface area contributed by atoms with E-state index in [1.165, 1.54) is 4.91 Å². The molecule has 1 saturated heterocycles. The number of rotatable bonds is 6. The van der Waals surface area contributed by atoms with Crippen LogP contribution in [-0.4, -0.2) is 51.8 Å². The molecule has 1 fully saturated rings. The summed E-state index contributed by atoms with van der Waals surface area (Å²) in [4.78, 5) is 1.17. The SMILES string of the molecule is COCCOCC1=CNC(C2OCCO2)S1. The molecule has 0 aromatic rings. The summed E-state index contributed by atoms with van der Waals surface area (Å²) >= 11 is 1.70. The molecule has 5 nitrogen and oxygen atoms in total. The minimum absolute atomic E-state index is 0.141. The van der Waals surface area contributed by atoms with Gasteiger partial charge in [-0.25, -0.2) is 0 Å². The van der Waals surface area contributed by atoms with Gasteiger partial charge in [-0.3, -0.25) is 0 Å². The Morgan fingerprint density at radius 3 is 3.00 bits per heavy atom. The number of ether oxygens (including phenoxy) is 4. The van der Waals surface area contributed by atoms with Crippen LogP contribution in [0.2, 0.25) is 0 Å². The number of methoxy groups -OCH3 is 1. The largest absolute Gasteiger partial charge is 0.382 e. The maximum Gasteiger partial charge on any atom is 0.187 e. The van der Waals surface area contributed by atoms with Crippen molar-refractivity contribution in [3.63, 3.8) is 0 Å². The first-order chi connectivity index (χ1) is 7.90. The van der Waals surface area contributed by atoms with Crippen LogP contribution in [0.3, 0.4) is 0 Å². The first-order valence-electron chi connectivity index (χ1n) is 5.32. The third-order valence-electron chi connectivity index (χ3n) is 2.26. The molecule has 0 aromatic heterocycles. The van der Waals surface area contributed by atoms with Crippen LogP contribution in [0, 0.1) is 0 Å². The Morgan fingerprint density at radius 2 is 2.25 bits per heavy atom. The van der Waals surface area contributed by atoms with E-state index in [2.05, 4.69) is 5.32 Å². The number of hydrogen-bond donors (Lipinski definition) is 1. The molecule has 2 heterocycles. The van der Waals surface area contributed by atoms with Crippen molar-refractivity contribution in [3.05, 3.63) is 11.1 Å². The fraction of sp³-hybridized carbons (Fsp3) is 0.800. The van der Waals surface area contributed by atoms with Gasteiger partial charge in [0.1, 0.15) is 5.37 Å². The summed E-state index contributed by atoms with van der Waals surface area (Å²) in [5.41, 5.74) is 0. The van der Waals surface area contributed by atoms with Crippen LogP contribution in [0.25, 0.3) is 0 Å². The molecule has 2 aliphatic heterocycles. The topological polar surface area (TPSA) is 49.0 Å². The van der Waals surface area contributed by atoms with Crippen LogP contribution in [0.4, 0.5) is 0 Å². The van der Waals surface area contributed by atoms with E-state index in [9.17, 15) is 0 Å². The lowest BCUT2D eigenvalue weighted by Gasteiger charge is -2.16. The van der Waals surface area contributed by atoms with E-state index in [4.69, 9.17) is 18.9 Å². The smallest absolute Gasteiger partial charge is 0.187 e. The molecule has 6 heteroatoms. The zero-order valence-electron chi connectivity index (χ0n) is 9.31. The molecule has 0 aromatic carbocycles. The molecule has 1 N–H and O–H groups in total. The normalized spacial score (nSPS) is 25.8. The van der Waals surface area contributed by atoms with Gasteiger partial charge in [-0.05, 0) is 0 Å². The lowest BCUT2D eigenvalue weighted by Crippen LogP contribution is -2.31. The van der Waals surface area contributed by atoms with E-state index in [0.29, 0.717) is 33.0 Å². The van der Waals surface area contributed by atoms with Gasteiger partial charge in [-0.1, -0.05) is 11.8 Å². The van der Waals surface area contributed by atoms with Gasteiger partial charge in [0.25, 0.3) is 0 Å². The van der Waals surface area contributed by atoms with Crippen molar-refractivity contribution in [1.82, 2.24) is 5.32 Å². The Balaban J connectivity index is 1.62. The second-order valence-corrected chi connectivity index (χ2v) is 4.74.